The van der Waals surface area contributed by atoms with E-state index in [1.807, 2.05) is 37.9 Å². The Kier molecular flexibility index (Phi) is 3.96. The highest BCUT2D eigenvalue weighted by Gasteiger charge is 2.33. The lowest BCUT2D eigenvalue weighted by Crippen LogP contribution is -2.43. The SMILES string of the molecule is Cc1noc(C)c1SC[C@H]1C[C@@H](N(C)c2ncnc3[nH]ccc23)C1. The van der Waals surface area contributed by atoms with Crippen LogP contribution < -0.4 is 4.90 Å². The maximum atomic E-state index is 5.23. The number of nitrogens with one attached hydrogen (secondary N) is 1. The molecule has 1 fully saturated rings. The van der Waals surface area contributed by atoms with Crippen LogP contribution in [0.15, 0.2) is 28.0 Å². The number of rotatable bonds is 5. The molecule has 4 rings (SSSR count). The molecule has 0 aliphatic heterocycles. The van der Waals surface area contributed by atoms with Gasteiger partial charge in [-0.2, -0.15) is 0 Å². The second-order valence-electron chi connectivity index (χ2n) is 6.50. The standard InChI is InChI=1S/C17H21N5OS/c1-10-15(11(2)23-21-10)24-8-12-6-13(7-12)22(3)17-14-4-5-18-16(14)19-9-20-17/h4-5,9,12-13H,6-8H2,1-3H3,(H,18,19,20)/t12-,13+. The molecule has 3 heterocycles. The molecule has 1 aliphatic carbocycles. The summed E-state index contributed by atoms with van der Waals surface area (Å²) in [7, 11) is 2.14. The van der Waals surface area contributed by atoms with Gasteiger partial charge < -0.3 is 14.4 Å². The van der Waals surface area contributed by atoms with Gasteiger partial charge in [-0.15, -0.1) is 11.8 Å². The highest BCUT2D eigenvalue weighted by atomic mass is 32.2. The second-order valence-corrected chi connectivity index (χ2v) is 7.53. The van der Waals surface area contributed by atoms with Crippen LogP contribution in [-0.2, 0) is 0 Å². The van der Waals surface area contributed by atoms with E-state index in [4.69, 9.17) is 4.52 Å². The summed E-state index contributed by atoms with van der Waals surface area (Å²) in [5.41, 5.74) is 1.90. The summed E-state index contributed by atoms with van der Waals surface area (Å²) >= 11 is 1.87. The molecule has 24 heavy (non-hydrogen) atoms. The van der Waals surface area contributed by atoms with Crippen molar-refractivity contribution in [1.82, 2.24) is 20.1 Å². The Hall–Kier alpha value is -2.02. The number of fused-ring (bicyclic) bond motifs is 1. The lowest BCUT2D eigenvalue weighted by Gasteiger charge is -2.41. The third-order valence-electron chi connectivity index (χ3n) is 4.86. The largest absolute Gasteiger partial charge is 0.360 e. The van der Waals surface area contributed by atoms with E-state index in [0.29, 0.717) is 6.04 Å². The number of thioether (sulfide) groups is 1. The number of H-pyrrole nitrogens is 1. The van der Waals surface area contributed by atoms with Gasteiger partial charge in [-0.3, -0.25) is 0 Å². The van der Waals surface area contributed by atoms with Gasteiger partial charge in [0.2, 0.25) is 0 Å². The van der Waals surface area contributed by atoms with Crippen molar-refractivity contribution >= 4 is 28.6 Å². The summed E-state index contributed by atoms with van der Waals surface area (Å²) < 4.78 is 5.23. The van der Waals surface area contributed by atoms with Crippen molar-refractivity contribution in [3.63, 3.8) is 0 Å². The van der Waals surface area contributed by atoms with Gasteiger partial charge in [0, 0.05) is 25.0 Å². The fourth-order valence-corrected chi connectivity index (χ4v) is 4.51. The molecule has 1 N–H and O–H groups in total. The summed E-state index contributed by atoms with van der Waals surface area (Å²) in [6, 6.07) is 2.60. The molecule has 3 aromatic rings. The lowest BCUT2D eigenvalue weighted by atomic mass is 9.81. The first-order valence-corrected chi connectivity index (χ1v) is 9.18. The molecule has 7 heteroatoms. The van der Waals surface area contributed by atoms with Crippen molar-refractivity contribution in [2.45, 2.75) is 37.6 Å². The van der Waals surface area contributed by atoms with E-state index in [-0.39, 0.29) is 0 Å². The molecule has 1 aliphatic rings. The zero-order valence-electron chi connectivity index (χ0n) is 14.1. The van der Waals surface area contributed by atoms with Crippen LogP contribution in [0.3, 0.4) is 0 Å². The molecule has 0 unspecified atom stereocenters. The number of aromatic nitrogens is 4. The summed E-state index contributed by atoms with van der Waals surface area (Å²) in [5.74, 6) is 3.81. The molecule has 126 valence electrons. The first kappa shape index (κ1) is 15.5. The average molecular weight is 343 g/mol. The van der Waals surface area contributed by atoms with Gasteiger partial charge in [0.1, 0.15) is 23.6 Å². The van der Waals surface area contributed by atoms with Crippen LogP contribution >= 0.6 is 11.8 Å². The number of aryl methyl sites for hydroxylation is 2. The van der Waals surface area contributed by atoms with Gasteiger partial charge in [-0.05, 0) is 38.7 Å². The van der Waals surface area contributed by atoms with Crippen molar-refractivity contribution in [2.75, 3.05) is 17.7 Å². The zero-order valence-corrected chi connectivity index (χ0v) is 14.9. The third-order valence-corrected chi connectivity index (χ3v) is 6.37. The molecule has 0 atom stereocenters. The molecule has 0 amide bonds. The minimum Gasteiger partial charge on any atom is -0.360 e. The minimum atomic E-state index is 0.549. The monoisotopic (exact) mass is 343 g/mol. The van der Waals surface area contributed by atoms with Crippen LogP contribution in [0, 0.1) is 19.8 Å². The number of anilines is 1. The Morgan fingerprint density at radius 3 is 2.92 bits per heavy atom. The zero-order chi connectivity index (χ0) is 16.7. The van der Waals surface area contributed by atoms with Crippen LogP contribution in [0.4, 0.5) is 5.82 Å². The van der Waals surface area contributed by atoms with Gasteiger partial charge >= 0.3 is 0 Å². The maximum Gasteiger partial charge on any atom is 0.147 e. The molecule has 3 aromatic heterocycles. The van der Waals surface area contributed by atoms with Gasteiger partial charge in [0.05, 0.1) is 16.0 Å². The second kappa shape index (κ2) is 6.12. The fourth-order valence-electron chi connectivity index (χ4n) is 3.35. The van der Waals surface area contributed by atoms with Crippen LogP contribution in [0.2, 0.25) is 0 Å². The Labute approximate surface area is 145 Å². The van der Waals surface area contributed by atoms with Gasteiger partial charge in [-0.1, -0.05) is 5.16 Å². The van der Waals surface area contributed by atoms with Crippen molar-refractivity contribution in [3.05, 3.63) is 30.0 Å². The van der Waals surface area contributed by atoms with Crippen LogP contribution in [0.25, 0.3) is 11.0 Å². The topological polar surface area (TPSA) is 70.8 Å². The van der Waals surface area contributed by atoms with Crippen molar-refractivity contribution < 1.29 is 4.52 Å². The molecule has 6 nitrogen and oxygen atoms in total. The van der Waals surface area contributed by atoms with E-state index in [0.717, 1.165) is 40.0 Å². The quantitative estimate of drug-likeness (QED) is 0.714. The third kappa shape index (κ3) is 2.66. The summed E-state index contributed by atoms with van der Waals surface area (Å²) in [6.07, 6.45) is 5.94. The first-order chi connectivity index (χ1) is 11.6. The number of nitrogens with zero attached hydrogens (tertiary/aromatic N) is 4. The molecular formula is C17H21N5OS. The van der Waals surface area contributed by atoms with Crippen LogP contribution in [0.5, 0.6) is 0 Å². The van der Waals surface area contributed by atoms with E-state index in [1.54, 1.807) is 6.33 Å². The van der Waals surface area contributed by atoms with Crippen LogP contribution in [0.1, 0.15) is 24.3 Å². The molecular weight excluding hydrogens is 322 g/mol. The predicted molar refractivity (Wildman–Crippen MR) is 95.5 cm³/mol. The van der Waals surface area contributed by atoms with Gasteiger partial charge in [0.25, 0.3) is 0 Å². The molecule has 0 saturated heterocycles. The number of aromatic amines is 1. The lowest BCUT2D eigenvalue weighted by molar-refractivity contribution is 0.286. The van der Waals surface area contributed by atoms with Crippen molar-refractivity contribution in [2.24, 2.45) is 5.92 Å². The van der Waals surface area contributed by atoms with Crippen molar-refractivity contribution in [1.29, 1.82) is 0 Å². The summed E-state index contributed by atoms with van der Waals surface area (Å²) in [6.45, 7) is 3.99. The number of hydrogen-bond donors (Lipinski definition) is 1. The van der Waals surface area contributed by atoms with E-state index < -0.39 is 0 Å². The maximum absolute atomic E-state index is 5.23. The predicted octanol–water partition coefficient (Wildman–Crippen LogP) is 3.57. The van der Waals surface area contributed by atoms with E-state index in [2.05, 4.69) is 32.1 Å². The summed E-state index contributed by atoms with van der Waals surface area (Å²) in [5, 5.41) is 5.11. The van der Waals surface area contributed by atoms with Gasteiger partial charge in [0.15, 0.2) is 0 Å². The Morgan fingerprint density at radius 2 is 2.17 bits per heavy atom. The molecule has 0 radical (unpaired) electrons. The smallest absolute Gasteiger partial charge is 0.147 e. The first-order valence-electron chi connectivity index (χ1n) is 8.20. The minimum absolute atomic E-state index is 0.549. The van der Waals surface area contributed by atoms with E-state index >= 15 is 0 Å². The van der Waals surface area contributed by atoms with Crippen molar-refractivity contribution in [3.8, 4) is 0 Å². The van der Waals surface area contributed by atoms with Gasteiger partial charge in [-0.25, -0.2) is 9.97 Å². The summed E-state index contributed by atoms with van der Waals surface area (Å²) in [4.78, 5) is 15.4. The number of hydrogen-bond acceptors (Lipinski definition) is 6. The Morgan fingerprint density at radius 1 is 1.33 bits per heavy atom. The Bertz CT molecular complexity index is 832. The van der Waals surface area contributed by atoms with Crippen LogP contribution in [-0.4, -0.2) is 39.0 Å². The fraction of sp³-hybridized carbons (Fsp3) is 0.471. The highest BCUT2D eigenvalue weighted by Crippen LogP contribution is 2.39. The van der Waals surface area contributed by atoms with E-state index in [1.165, 1.54) is 17.7 Å². The molecule has 0 spiro atoms. The molecule has 1 saturated carbocycles. The highest BCUT2D eigenvalue weighted by molar-refractivity contribution is 7.99. The van der Waals surface area contributed by atoms with E-state index in [9.17, 15) is 0 Å². The molecule has 0 aromatic carbocycles. The Balaban J connectivity index is 1.36. The average Bonchev–Trinajstić information content (AvgIpc) is 3.13. The molecule has 0 bridgehead atoms. The normalized spacial score (nSPS) is 20.3.